The molecular weight excluding hydrogens is 217 g/mol. The van der Waals surface area contributed by atoms with Gasteiger partial charge in [-0.25, -0.2) is 0 Å². The Balaban J connectivity index is 3.77. The highest BCUT2D eigenvalue weighted by Gasteiger charge is 2.27. The van der Waals surface area contributed by atoms with Crippen LogP contribution in [0.15, 0.2) is 0 Å². The lowest BCUT2D eigenvalue weighted by molar-refractivity contribution is -0.137. The van der Waals surface area contributed by atoms with Crippen molar-refractivity contribution in [2.45, 2.75) is 45.3 Å². The molecule has 98 valence electrons. The van der Waals surface area contributed by atoms with Crippen LogP contribution in [0.1, 0.15) is 33.1 Å². The Labute approximate surface area is 96.2 Å². The van der Waals surface area contributed by atoms with Gasteiger partial charge in [0, 0.05) is 19.1 Å². The Kier molecular flexibility index (Phi) is 7.76. The molecule has 1 N–H and O–H groups in total. The molecule has 0 aromatic carbocycles. The van der Waals surface area contributed by atoms with Gasteiger partial charge in [-0.3, -0.25) is 0 Å². The third kappa shape index (κ3) is 8.97. The maximum absolute atomic E-state index is 12.0. The number of hydrogen-bond donors (Lipinski definition) is 1. The van der Waals surface area contributed by atoms with E-state index in [2.05, 4.69) is 12.2 Å². The zero-order valence-electron chi connectivity index (χ0n) is 10.4. The number of hydrogen-bond acceptors (Lipinski definition) is 2. The van der Waals surface area contributed by atoms with Crippen molar-refractivity contribution in [3.05, 3.63) is 0 Å². The Morgan fingerprint density at radius 3 is 2.31 bits per heavy atom. The predicted molar refractivity (Wildman–Crippen MR) is 60.5 cm³/mol. The Hall–Kier alpha value is -0.290. The predicted octanol–water partition coefficient (Wildman–Crippen LogP) is 2.65. The highest BCUT2D eigenvalue weighted by Crippen LogP contribution is 2.19. The van der Waals surface area contributed by atoms with Gasteiger partial charge >= 0.3 is 6.18 Å². The molecule has 0 radical (unpaired) electrons. The fourth-order valence-electron chi connectivity index (χ4n) is 1.47. The van der Waals surface area contributed by atoms with Gasteiger partial charge < -0.3 is 10.2 Å². The number of alkyl halides is 3. The largest absolute Gasteiger partial charge is 0.390 e. The van der Waals surface area contributed by atoms with Crippen LogP contribution in [-0.2, 0) is 0 Å². The van der Waals surface area contributed by atoms with E-state index >= 15 is 0 Å². The van der Waals surface area contributed by atoms with Crippen molar-refractivity contribution in [3.63, 3.8) is 0 Å². The highest BCUT2D eigenvalue weighted by atomic mass is 19.4. The third-order valence-electron chi connectivity index (χ3n) is 2.48. The molecule has 0 rings (SSSR count). The second-order valence-corrected chi connectivity index (χ2v) is 4.19. The minimum atomic E-state index is -4.05. The first kappa shape index (κ1) is 15.7. The van der Waals surface area contributed by atoms with Gasteiger partial charge in [0.1, 0.15) is 0 Å². The van der Waals surface area contributed by atoms with E-state index in [1.807, 2.05) is 6.92 Å². The summed E-state index contributed by atoms with van der Waals surface area (Å²) in [4.78, 5) is 1.74. The lowest BCUT2D eigenvalue weighted by atomic mass is 10.2. The molecule has 0 saturated heterocycles. The topological polar surface area (TPSA) is 15.3 Å². The van der Waals surface area contributed by atoms with Crippen LogP contribution in [-0.4, -0.2) is 43.8 Å². The van der Waals surface area contributed by atoms with E-state index in [1.165, 1.54) is 0 Å². The molecule has 2 nitrogen and oxygen atoms in total. The van der Waals surface area contributed by atoms with Crippen LogP contribution in [0.5, 0.6) is 0 Å². The van der Waals surface area contributed by atoms with Gasteiger partial charge in [0.15, 0.2) is 0 Å². The van der Waals surface area contributed by atoms with Crippen LogP contribution in [0, 0.1) is 0 Å². The van der Waals surface area contributed by atoms with Gasteiger partial charge in [0.2, 0.25) is 0 Å². The lowest BCUT2D eigenvalue weighted by Gasteiger charge is -2.24. The molecule has 5 heteroatoms. The Morgan fingerprint density at radius 2 is 1.88 bits per heavy atom. The van der Waals surface area contributed by atoms with Gasteiger partial charge in [0.25, 0.3) is 0 Å². The molecule has 1 atom stereocenters. The monoisotopic (exact) mass is 240 g/mol. The van der Waals surface area contributed by atoms with E-state index in [4.69, 9.17) is 0 Å². The van der Waals surface area contributed by atoms with E-state index in [0.717, 1.165) is 19.4 Å². The number of likely N-dealkylation sites (N-methyl/N-ethyl adjacent to an activating group) is 1. The van der Waals surface area contributed by atoms with Crippen molar-refractivity contribution >= 4 is 0 Å². The number of nitrogens with one attached hydrogen (secondary N) is 1. The summed E-state index contributed by atoms with van der Waals surface area (Å²) >= 11 is 0. The minimum Gasteiger partial charge on any atom is -0.313 e. The summed E-state index contributed by atoms with van der Waals surface area (Å²) < 4.78 is 36.0. The summed E-state index contributed by atoms with van der Waals surface area (Å²) in [6.45, 7) is 5.80. The molecule has 0 aromatic heterocycles. The maximum atomic E-state index is 12.0. The van der Waals surface area contributed by atoms with Crippen molar-refractivity contribution in [1.82, 2.24) is 10.2 Å². The molecule has 0 bridgehead atoms. The average Bonchev–Trinajstić information content (AvgIpc) is 2.20. The number of nitrogens with zero attached hydrogens (tertiary/aromatic N) is 1. The summed E-state index contributed by atoms with van der Waals surface area (Å²) in [7, 11) is 1.74. The SMILES string of the molecule is CCCNC(CC)CN(C)CCC(F)(F)F. The smallest absolute Gasteiger partial charge is 0.313 e. The van der Waals surface area contributed by atoms with Crippen LogP contribution in [0.25, 0.3) is 0 Å². The fraction of sp³-hybridized carbons (Fsp3) is 1.00. The second-order valence-electron chi connectivity index (χ2n) is 4.19. The molecule has 0 saturated carbocycles. The average molecular weight is 240 g/mol. The molecular formula is C11H23F3N2. The molecule has 0 aliphatic rings. The standard InChI is InChI=1S/C11H23F3N2/c1-4-7-15-10(5-2)9-16(3)8-6-11(12,13)14/h10,15H,4-9H2,1-3H3. The zero-order chi connectivity index (χ0) is 12.6. The first-order valence-electron chi connectivity index (χ1n) is 5.87. The van der Waals surface area contributed by atoms with Crippen LogP contribution in [0.4, 0.5) is 13.2 Å². The third-order valence-corrected chi connectivity index (χ3v) is 2.48. The van der Waals surface area contributed by atoms with Crippen molar-refractivity contribution < 1.29 is 13.2 Å². The molecule has 0 amide bonds. The van der Waals surface area contributed by atoms with Crippen molar-refractivity contribution in [3.8, 4) is 0 Å². The van der Waals surface area contributed by atoms with Crippen molar-refractivity contribution in [2.24, 2.45) is 0 Å². The van der Waals surface area contributed by atoms with E-state index in [-0.39, 0.29) is 12.6 Å². The molecule has 0 aliphatic heterocycles. The van der Waals surface area contributed by atoms with Crippen LogP contribution in [0.3, 0.4) is 0 Å². The molecule has 0 spiro atoms. The van der Waals surface area contributed by atoms with Crippen LogP contribution >= 0.6 is 0 Å². The van der Waals surface area contributed by atoms with E-state index in [0.29, 0.717) is 6.54 Å². The number of halogens is 3. The van der Waals surface area contributed by atoms with E-state index < -0.39 is 12.6 Å². The quantitative estimate of drug-likeness (QED) is 0.701. The normalized spacial score (nSPS) is 14.4. The first-order chi connectivity index (χ1) is 7.39. The van der Waals surface area contributed by atoms with Crippen LogP contribution in [0.2, 0.25) is 0 Å². The minimum absolute atomic E-state index is 0.0772. The maximum Gasteiger partial charge on any atom is 0.390 e. The first-order valence-corrected chi connectivity index (χ1v) is 5.87. The van der Waals surface area contributed by atoms with Gasteiger partial charge in [-0.05, 0) is 26.4 Å². The van der Waals surface area contributed by atoms with Gasteiger partial charge in [0.05, 0.1) is 6.42 Å². The van der Waals surface area contributed by atoms with E-state index in [1.54, 1.807) is 11.9 Å². The summed E-state index contributed by atoms with van der Waals surface area (Å²) in [6.07, 6.45) is -2.79. The Bertz CT molecular complexity index is 171. The highest BCUT2D eigenvalue weighted by molar-refractivity contribution is 4.69. The summed E-state index contributed by atoms with van der Waals surface area (Å²) in [6, 6.07) is 0.290. The van der Waals surface area contributed by atoms with Crippen molar-refractivity contribution in [2.75, 3.05) is 26.7 Å². The van der Waals surface area contributed by atoms with Gasteiger partial charge in [-0.2, -0.15) is 13.2 Å². The van der Waals surface area contributed by atoms with E-state index in [9.17, 15) is 13.2 Å². The summed E-state index contributed by atoms with van der Waals surface area (Å²) in [5.41, 5.74) is 0. The fourth-order valence-corrected chi connectivity index (χ4v) is 1.47. The molecule has 0 heterocycles. The van der Waals surface area contributed by atoms with Gasteiger partial charge in [-0.15, -0.1) is 0 Å². The molecule has 0 aromatic rings. The number of rotatable bonds is 8. The molecule has 1 unspecified atom stereocenters. The zero-order valence-corrected chi connectivity index (χ0v) is 10.4. The molecule has 0 aliphatic carbocycles. The second kappa shape index (κ2) is 7.90. The van der Waals surface area contributed by atoms with Gasteiger partial charge in [-0.1, -0.05) is 13.8 Å². The Morgan fingerprint density at radius 1 is 1.25 bits per heavy atom. The molecule has 16 heavy (non-hydrogen) atoms. The summed E-state index contributed by atoms with van der Waals surface area (Å²) in [5, 5.41) is 3.32. The summed E-state index contributed by atoms with van der Waals surface area (Å²) in [5.74, 6) is 0. The van der Waals surface area contributed by atoms with Crippen LogP contribution < -0.4 is 5.32 Å². The van der Waals surface area contributed by atoms with Crippen molar-refractivity contribution in [1.29, 1.82) is 0 Å². The lowest BCUT2D eigenvalue weighted by Crippen LogP contribution is -2.40. The molecule has 0 fully saturated rings.